The van der Waals surface area contributed by atoms with E-state index in [1.54, 1.807) is 12.1 Å². The summed E-state index contributed by atoms with van der Waals surface area (Å²) in [5, 5.41) is 38.8. The standard InChI is InChI=1S/C32H11F9N6/c1-14-2-4-18(22(6-14)31(36,37)38)28-26(15(10-42)11-43)20-8-25-21(9-24(20)46-28)27(16(12-44)13-45)29(47-25)19-5-3-17(30(33,34)35)7-23(19)32(39,40)41/h2-9H,1H3. The maximum atomic E-state index is 14.1. The first-order valence-electron chi connectivity index (χ1n) is 12.9. The first-order chi connectivity index (χ1) is 21.9. The number of halogens is 9. The van der Waals surface area contributed by atoms with Crippen LogP contribution in [-0.4, -0.2) is 11.4 Å². The Morgan fingerprint density at radius 1 is 0.532 bits per heavy atom. The molecule has 0 N–H and O–H groups in total. The molecule has 0 fully saturated rings. The number of hydrogen-bond acceptors (Lipinski definition) is 6. The summed E-state index contributed by atoms with van der Waals surface area (Å²) in [4.78, 5) is 8.38. The summed E-state index contributed by atoms with van der Waals surface area (Å²) in [7, 11) is 0. The van der Waals surface area contributed by atoms with E-state index in [-0.39, 0.29) is 39.7 Å². The Bertz CT molecular complexity index is 2170. The third-order valence-electron chi connectivity index (χ3n) is 7.18. The summed E-state index contributed by atoms with van der Waals surface area (Å²) in [6.45, 7) is 1.41. The predicted molar refractivity (Wildman–Crippen MR) is 148 cm³/mol. The Labute approximate surface area is 258 Å². The third kappa shape index (κ3) is 5.49. The van der Waals surface area contributed by atoms with E-state index in [9.17, 15) is 60.6 Å². The van der Waals surface area contributed by atoms with Gasteiger partial charge in [0.25, 0.3) is 0 Å². The molecule has 232 valence electrons. The van der Waals surface area contributed by atoms with Gasteiger partial charge in [-0.25, -0.2) is 9.98 Å². The van der Waals surface area contributed by atoms with Crippen molar-refractivity contribution in [3.63, 3.8) is 0 Å². The van der Waals surface area contributed by atoms with Crippen LogP contribution in [0.4, 0.5) is 50.9 Å². The summed E-state index contributed by atoms with van der Waals surface area (Å²) in [5.41, 5.74) is -9.82. The molecule has 2 aliphatic rings. The molecule has 2 aliphatic heterocycles. The molecule has 47 heavy (non-hydrogen) atoms. The van der Waals surface area contributed by atoms with E-state index in [1.807, 2.05) is 0 Å². The van der Waals surface area contributed by atoms with E-state index in [1.165, 1.54) is 25.1 Å². The number of fused-ring (bicyclic) bond motifs is 2. The Morgan fingerprint density at radius 2 is 0.936 bits per heavy atom. The first kappa shape index (κ1) is 32.2. The van der Waals surface area contributed by atoms with Crippen molar-refractivity contribution in [1.82, 2.24) is 0 Å². The van der Waals surface area contributed by atoms with E-state index in [0.717, 1.165) is 24.3 Å². The number of alkyl halides is 9. The molecular formula is C32H11F9N6. The van der Waals surface area contributed by atoms with Crippen LogP contribution in [0.3, 0.4) is 0 Å². The second-order valence-corrected chi connectivity index (χ2v) is 10.1. The number of nitriles is 4. The van der Waals surface area contributed by atoms with Gasteiger partial charge in [0.15, 0.2) is 0 Å². The highest BCUT2D eigenvalue weighted by Crippen LogP contribution is 2.50. The smallest absolute Gasteiger partial charge is 0.247 e. The minimum Gasteiger partial charge on any atom is -0.247 e. The van der Waals surface area contributed by atoms with E-state index in [0.29, 0.717) is 12.1 Å². The highest BCUT2D eigenvalue weighted by Gasteiger charge is 2.42. The summed E-state index contributed by atoms with van der Waals surface area (Å²) in [6, 6.07) is 12.5. The Hall–Kier alpha value is -6.19. The number of rotatable bonds is 2. The van der Waals surface area contributed by atoms with Crippen LogP contribution in [0.1, 0.15) is 44.5 Å². The van der Waals surface area contributed by atoms with E-state index in [2.05, 4.69) is 9.98 Å². The lowest BCUT2D eigenvalue weighted by molar-refractivity contribution is -0.143. The summed E-state index contributed by atoms with van der Waals surface area (Å²) in [5.74, 6) is 0. The maximum Gasteiger partial charge on any atom is 0.417 e. The lowest BCUT2D eigenvalue weighted by Crippen LogP contribution is -2.16. The van der Waals surface area contributed by atoms with Crippen LogP contribution in [0.5, 0.6) is 0 Å². The van der Waals surface area contributed by atoms with Gasteiger partial charge in [-0.1, -0.05) is 23.8 Å². The number of benzene rings is 3. The minimum atomic E-state index is -5.35. The molecule has 5 rings (SSSR count). The summed E-state index contributed by atoms with van der Waals surface area (Å²) in [6.07, 6.45) is -15.4. The van der Waals surface area contributed by atoms with Crippen molar-refractivity contribution < 1.29 is 39.5 Å². The number of nitrogens with zero attached hydrogens (tertiary/aromatic N) is 6. The van der Waals surface area contributed by atoms with Crippen LogP contribution >= 0.6 is 0 Å². The number of hydrogen-bond donors (Lipinski definition) is 0. The minimum absolute atomic E-state index is 0.117. The van der Waals surface area contributed by atoms with Gasteiger partial charge in [-0.15, -0.1) is 0 Å². The fraction of sp³-hybridized carbons (Fsp3) is 0.125. The summed E-state index contributed by atoms with van der Waals surface area (Å²) < 4.78 is 125. The number of allylic oxidation sites excluding steroid dienone is 4. The van der Waals surface area contributed by atoms with Gasteiger partial charge in [-0.2, -0.15) is 60.6 Å². The van der Waals surface area contributed by atoms with Crippen LogP contribution in [0, 0.1) is 52.2 Å². The summed E-state index contributed by atoms with van der Waals surface area (Å²) >= 11 is 0. The zero-order chi connectivity index (χ0) is 34.6. The van der Waals surface area contributed by atoms with E-state index >= 15 is 0 Å². The number of aryl methyl sites for hydroxylation is 1. The lowest BCUT2D eigenvalue weighted by atomic mass is 9.88. The fourth-order valence-electron chi connectivity index (χ4n) is 5.20. The van der Waals surface area contributed by atoms with Gasteiger partial charge >= 0.3 is 18.5 Å². The van der Waals surface area contributed by atoms with Gasteiger partial charge in [0, 0.05) is 33.4 Å². The molecule has 0 saturated heterocycles. The molecule has 0 amide bonds. The molecule has 0 radical (unpaired) electrons. The number of aliphatic imine (C=N–C) groups is 2. The van der Waals surface area contributed by atoms with E-state index in [4.69, 9.17) is 0 Å². The Balaban J connectivity index is 1.82. The zero-order valence-corrected chi connectivity index (χ0v) is 23.2. The molecule has 0 spiro atoms. The first-order valence-corrected chi connectivity index (χ1v) is 12.9. The highest BCUT2D eigenvalue weighted by molar-refractivity contribution is 6.40. The Kier molecular flexibility index (Phi) is 7.54. The largest absolute Gasteiger partial charge is 0.417 e. The van der Waals surface area contributed by atoms with Crippen molar-refractivity contribution in [2.45, 2.75) is 25.5 Å². The highest BCUT2D eigenvalue weighted by atomic mass is 19.4. The van der Waals surface area contributed by atoms with Gasteiger partial charge in [0.2, 0.25) is 0 Å². The fourth-order valence-corrected chi connectivity index (χ4v) is 5.20. The molecule has 0 unspecified atom stereocenters. The maximum absolute atomic E-state index is 14.1. The van der Waals surface area contributed by atoms with Gasteiger partial charge in [-0.05, 0) is 37.3 Å². The molecule has 0 bridgehead atoms. The van der Waals surface area contributed by atoms with Crippen molar-refractivity contribution in [3.05, 3.63) is 104 Å². The molecule has 3 aromatic rings. The van der Waals surface area contributed by atoms with Crippen LogP contribution in [0.25, 0.3) is 11.1 Å². The van der Waals surface area contributed by atoms with Gasteiger partial charge in [0.05, 0.1) is 39.5 Å². The van der Waals surface area contributed by atoms with Crippen LogP contribution in [-0.2, 0) is 18.5 Å². The molecule has 2 heterocycles. The van der Waals surface area contributed by atoms with Gasteiger partial charge in [-0.3, -0.25) is 0 Å². The van der Waals surface area contributed by atoms with E-state index < -0.39 is 74.5 Å². The third-order valence-corrected chi connectivity index (χ3v) is 7.18. The molecule has 0 aliphatic carbocycles. The second-order valence-electron chi connectivity index (χ2n) is 10.1. The molecule has 0 atom stereocenters. The SMILES string of the molecule is Cc1ccc(C2=Nc3cc4c(cc3C2=C(C#N)C#N)N=C(c2ccc(C(F)(F)F)cc2C(F)(F)F)C4=C(C#N)C#N)c(C(F)(F)F)c1. The van der Waals surface area contributed by atoms with Crippen molar-refractivity contribution in [2.75, 3.05) is 0 Å². The monoisotopic (exact) mass is 650 g/mol. The van der Waals surface area contributed by atoms with Crippen LogP contribution in [0.15, 0.2) is 69.7 Å². The van der Waals surface area contributed by atoms with Crippen molar-refractivity contribution in [2.24, 2.45) is 9.98 Å². The lowest BCUT2D eigenvalue weighted by Gasteiger charge is -2.17. The average Bonchev–Trinajstić information content (AvgIpc) is 3.54. The molecule has 0 saturated carbocycles. The topological polar surface area (TPSA) is 120 Å². The average molecular weight is 650 g/mol. The van der Waals surface area contributed by atoms with Gasteiger partial charge < -0.3 is 0 Å². The molecule has 15 heteroatoms. The zero-order valence-electron chi connectivity index (χ0n) is 23.2. The Morgan fingerprint density at radius 3 is 1.32 bits per heavy atom. The second kappa shape index (κ2) is 11.0. The van der Waals surface area contributed by atoms with Crippen LogP contribution < -0.4 is 0 Å². The molecule has 6 nitrogen and oxygen atoms in total. The van der Waals surface area contributed by atoms with Crippen molar-refractivity contribution in [1.29, 1.82) is 21.0 Å². The normalized spacial score (nSPS) is 13.8. The molecule has 3 aromatic carbocycles. The predicted octanol–water partition coefficient (Wildman–Crippen LogP) is 8.92. The van der Waals surface area contributed by atoms with Crippen LogP contribution in [0.2, 0.25) is 0 Å². The quantitative estimate of drug-likeness (QED) is 0.203. The van der Waals surface area contributed by atoms with Gasteiger partial charge in [0.1, 0.15) is 35.4 Å². The van der Waals surface area contributed by atoms with Crippen molar-refractivity contribution in [3.8, 4) is 24.3 Å². The molecular weight excluding hydrogens is 639 g/mol. The molecule has 0 aromatic heterocycles. The van der Waals surface area contributed by atoms with Crippen molar-refractivity contribution >= 4 is 33.9 Å².